The number of hydrogen-bond donors (Lipinski definition) is 2. The van der Waals surface area contributed by atoms with Gasteiger partial charge in [-0.25, -0.2) is 0 Å². The van der Waals surface area contributed by atoms with Crippen molar-refractivity contribution in [3.63, 3.8) is 0 Å². The lowest BCUT2D eigenvalue weighted by molar-refractivity contribution is 0.213. The van der Waals surface area contributed by atoms with E-state index in [1.165, 1.54) is 6.21 Å². The molecule has 0 aliphatic heterocycles. The lowest BCUT2D eigenvalue weighted by Crippen LogP contribution is -2.14. The average Bonchev–Trinajstić information content (AvgIpc) is 2.22. The number of allylic oxidation sites excluding steroid dienone is 1. The van der Waals surface area contributed by atoms with Crippen LogP contribution in [0.4, 0.5) is 0 Å². The van der Waals surface area contributed by atoms with Gasteiger partial charge in [-0.05, 0) is 19.3 Å². The summed E-state index contributed by atoms with van der Waals surface area (Å²) in [5.74, 6) is 1.93. The quantitative estimate of drug-likeness (QED) is 0.402. The summed E-state index contributed by atoms with van der Waals surface area (Å²) in [7, 11) is 1.71. The molecule has 0 aromatic rings. The summed E-state index contributed by atoms with van der Waals surface area (Å²) in [6.07, 6.45) is 3.83. The van der Waals surface area contributed by atoms with Crippen molar-refractivity contribution < 1.29 is 4.74 Å². The summed E-state index contributed by atoms with van der Waals surface area (Å²) < 4.78 is 5.40. The number of nitrogens with zero attached hydrogens (tertiary/aromatic N) is 1. The Morgan fingerprint density at radius 2 is 2.20 bits per heavy atom. The highest BCUT2D eigenvalue weighted by Crippen LogP contribution is 2.01. The van der Waals surface area contributed by atoms with Gasteiger partial charge in [-0.1, -0.05) is 13.8 Å². The van der Waals surface area contributed by atoms with Crippen LogP contribution in [0.2, 0.25) is 0 Å². The first-order valence-electron chi connectivity index (χ1n) is 5.13. The predicted molar refractivity (Wildman–Crippen MR) is 64.4 cm³/mol. The van der Waals surface area contributed by atoms with Crippen molar-refractivity contribution >= 4 is 12.1 Å². The summed E-state index contributed by atoms with van der Waals surface area (Å²) in [5, 5.41) is 10.1. The molecule has 15 heavy (non-hydrogen) atoms. The maximum Gasteiger partial charge on any atom is 0.152 e. The molecule has 0 atom stereocenters. The molecule has 0 rings (SSSR count). The summed E-state index contributed by atoms with van der Waals surface area (Å²) in [6.45, 7) is 6.78. The zero-order chi connectivity index (χ0) is 11.7. The van der Waals surface area contributed by atoms with E-state index in [1.54, 1.807) is 13.2 Å². The zero-order valence-electron chi connectivity index (χ0n) is 10.0. The minimum absolute atomic E-state index is 0.527. The fourth-order valence-corrected chi connectivity index (χ4v) is 0.778. The number of ether oxygens (including phenoxy) is 1. The molecule has 4 heteroatoms. The van der Waals surface area contributed by atoms with E-state index in [1.807, 2.05) is 6.92 Å². The van der Waals surface area contributed by atoms with Crippen LogP contribution in [-0.2, 0) is 4.74 Å². The van der Waals surface area contributed by atoms with Crippen LogP contribution in [0.5, 0.6) is 0 Å². The van der Waals surface area contributed by atoms with E-state index < -0.39 is 0 Å². The molecule has 0 fully saturated rings. The molecule has 0 radical (unpaired) electrons. The van der Waals surface area contributed by atoms with Crippen molar-refractivity contribution in [2.75, 3.05) is 13.7 Å². The summed E-state index contributed by atoms with van der Waals surface area (Å²) >= 11 is 0. The summed E-state index contributed by atoms with van der Waals surface area (Å²) in [5.41, 5.74) is 0. The largest absolute Gasteiger partial charge is 0.490 e. The first-order chi connectivity index (χ1) is 7.10. The third-order valence-corrected chi connectivity index (χ3v) is 1.86. The Hall–Kier alpha value is -1.32. The number of aliphatic imine (C=N–C) groups is 1. The van der Waals surface area contributed by atoms with Crippen molar-refractivity contribution in [3.05, 3.63) is 12.0 Å². The Kier molecular flexibility index (Phi) is 7.32. The molecule has 0 saturated heterocycles. The molecule has 0 bridgehead atoms. The van der Waals surface area contributed by atoms with Gasteiger partial charge in [-0.15, -0.1) is 0 Å². The van der Waals surface area contributed by atoms with Gasteiger partial charge in [-0.2, -0.15) is 0 Å². The maximum atomic E-state index is 7.15. The van der Waals surface area contributed by atoms with Gasteiger partial charge in [0.05, 0.1) is 18.7 Å². The van der Waals surface area contributed by atoms with Gasteiger partial charge < -0.3 is 15.5 Å². The number of rotatable bonds is 6. The van der Waals surface area contributed by atoms with Gasteiger partial charge in [0.25, 0.3) is 0 Å². The van der Waals surface area contributed by atoms with E-state index in [9.17, 15) is 0 Å². The average molecular weight is 211 g/mol. The van der Waals surface area contributed by atoms with Crippen molar-refractivity contribution in [2.24, 2.45) is 10.9 Å². The van der Waals surface area contributed by atoms with Crippen molar-refractivity contribution in [2.45, 2.75) is 27.2 Å². The molecule has 0 aromatic heterocycles. The molecule has 0 unspecified atom stereocenters. The molecule has 4 nitrogen and oxygen atoms in total. The van der Waals surface area contributed by atoms with Gasteiger partial charge in [0.1, 0.15) is 0 Å². The van der Waals surface area contributed by atoms with Crippen LogP contribution < -0.4 is 5.32 Å². The molecule has 0 aliphatic carbocycles. The molecule has 0 spiro atoms. The van der Waals surface area contributed by atoms with E-state index in [4.69, 9.17) is 10.1 Å². The van der Waals surface area contributed by atoms with Crippen molar-refractivity contribution in [1.29, 1.82) is 5.41 Å². The lowest BCUT2D eigenvalue weighted by atomic mass is 10.1. The fourth-order valence-electron chi connectivity index (χ4n) is 0.778. The number of nitrogens with one attached hydrogen (secondary N) is 2. The van der Waals surface area contributed by atoms with E-state index in [-0.39, 0.29) is 0 Å². The van der Waals surface area contributed by atoms with Crippen LogP contribution in [0.1, 0.15) is 27.2 Å². The molecule has 0 heterocycles. The van der Waals surface area contributed by atoms with Crippen LogP contribution in [-0.4, -0.2) is 25.7 Å². The van der Waals surface area contributed by atoms with Crippen LogP contribution in [0, 0.1) is 11.3 Å². The number of amidine groups is 1. The third-order valence-electron chi connectivity index (χ3n) is 1.86. The van der Waals surface area contributed by atoms with E-state index in [0.29, 0.717) is 18.3 Å². The molecule has 0 aliphatic rings. The van der Waals surface area contributed by atoms with Gasteiger partial charge in [0.15, 0.2) is 5.76 Å². The minimum Gasteiger partial charge on any atom is -0.490 e. The van der Waals surface area contributed by atoms with Crippen LogP contribution >= 0.6 is 0 Å². The van der Waals surface area contributed by atoms with E-state index in [2.05, 4.69) is 24.2 Å². The maximum absolute atomic E-state index is 7.15. The topological polar surface area (TPSA) is 57.5 Å². The first-order valence-corrected chi connectivity index (χ1v) is 5.13. The predicted octanol–water partition coefficient (Wildman–Crippen LogP) is 2.18. The van der Waals surface area contributed by atoms with Gasteiger partial charge in [0, 0.05) is 13.2 Å². The molecule has 2 N–H and O–H groups in total. The monoisotopic (exact) mass is 211 g/mol. The van der Waals surface area contributed by atoms with E-state index in [0.717, 1.165) is 12.3 Å². The molecule has 0 aromatic carbocycles. The molecular weight excluding hydrogens is 190 g/mol. The number of hydrogen-bond acceptors (Lipinski definition) is 3. The Morgan fingerprint density at radius 3 is 2.67 bits per heavy atom. The Bertz CT molecular complexity index is 244. The zero-order valence-corrected chi connectivity index (χ0v) is 10.0. The highest BCUT2D eigenvalue weighted by atomic mass is 16.5. The van der Waals surface area contributed by atoms with Gasteiger partial charge in [-0.3, -0.25) is 4.99 Å². The molecule has 86 valence electrons. The Labute approximate surface area is 91.9 Å². The Balaban J connectivity index is 3.96. The van der Waals surface area contributed by atoms with Crippen molar-refractivity contribution in [3.8, 4) is 0 Å². The smallest absolute Gasteiger partial charge is 0.152 e. The van der Waals surface area contributed by atoms with Crippen LogP contribution in [0.25, 0.3) is 0 Å². The fraction of sp³-hybridized carbons (Fsp3) is 0.636. The molecule has 0 amide bonds. The minimum atomic E-state index is 0.527. The van der Waals surface area contributed by atoms with Crippen LogP contribution in [0.15, 0.2) is 17.0 Å². The highest BCUT2D eigenvalue weighted by Gasteiger charge is 1.97. The van der Waals surface area contributed by atoms with E-state index >= 15 is 0 Å². The third kappa shape index (κ3) is 7.73. The second-order valence-electron chi connectivity index (χ2n) is 3.68. The summed E-state index contributed by atoms with van der Waals surface area (Å²) in [6, 6.07) is 0. The molecule has 0 saturated carbocycles. The van der Waals surface area contributed by atoms with Gasteiger partial charge in [0.2, 0.25) is 0 Å². The van der Waals surface area contributed by atoms with Crippen LogP contribution in [0.3, 0.4) is 0 Å². The Morgan fingerprint density at radius 1 is 1.53 bits per heavy atom. The normalized spacial score (nSPS) is 12.9. The molecular formula is C11H21N3O. The standard InChI is InChI=1S/C11H21N3O/c1-9(2)5-6-15-11(7-12)8-14-10(3)13-4/h7-9,12H,5-6H2,1-4H3,(H,13,14)/b11-8+,12-7?. The lowest BCUT2D eigenvalue weighted by Gasteiger charge is -2.08. The SMILES string of the molecule is CN=C(C)N/C=C(\C=N)OCCC(C)C. The highest BCUT2D eigenvalue weighted by molar-refractivity contribution is 5.81. The second kappa shape index (κ2) is 8.03. The summed E-state index contributed by atoms with van der Waals surface area (Å²) in [4.78, 5) is 3.93. The van der Waals surface area contributed by atoms with Crippen molar-refractivity contribution in [1.82, 2.24) is 5.32 Å². The first kappa shape index (κ1) is 13.7. The second-order valence-corrected chi connectivity index (χ2v) is 3.68. The van der Waals surface area contributed by atoms with Gasteiger partial charge >= 0.3 is 0 Å².